The molecule has 0 aromatic heterocycles. The molecule has 0 aliphatic carbocycles. The van der Waals surface area contributed by atoms with Crippen molar-refractivity contribution in [3.8, 4) is 0 Å². The molecule has 3 N–H and O–H groups in total. The molecule has 3 aliphatic rings. The van der Waals surface area contributed by atoms with Gasteiger partial charge < -0.3 is 24.6 Å². The molecule has 3 rings (SSSR count). The highest BCUT2D eigenvalue weighted by atomic mass is 16.6. The first-order valence-corrected chi connectivity index (χ1v) is 8.02. The van der Waals surface area contributed by atoms with Crippen molar-refractivity contribution in [2.75, 3.05) is 19.7 Å². The number of hydrogen-bond donors (Lipinski definition) is 3. The Labute approximate surface area is 134 Å². The Balaban J connectivity index is 1.97. The zero-order chi connectivity index (χ0) is 17.0. The van der Waals surface area contributed by atoms with Crippen LogP contribution in [0.1, 0.15) is 27.2 Å². The van der Waals surface area contributed by atoms with Gasteiger partial charge in [0, 0.05) is 12.0 Å². The van der Waals surface area contributed by atoms with Crippen molar-refractivity contribution >= 4 is 11.9 Å². The summed E-state index contributed by atoms with van der Waals surface area (Å²) < 4.78 is 10.9. The average molecular weight is 326 g/mol. The minimum absolute atomic E-state index is 0.00746. The van der Waals surface area contributed by atoms with Crippen molar-refractivity contribution in [2.24, 2.45) is 5.92 Å². The SMILES string of the molecule is C[C@H]1C(=O)O[C@H]2CC[NH+]3CC=C(COC(=O)[C@@](C)(O)[C@@]1(C)O)[C@H]23. The normalized spacial score (nSPS) is 47.3. The smallest absolute Gasteiger partial charge is 0.341 e. The molecule has 0 bridgehead atoms. The van der Waals surface area contributed by atoms with Gasteiger partial charge in [-0.2, -0.15) is 0 Å². The lowest BCUT2D eigenvalue weighted by molar-refractivity contribution is -0.896. The number of carbonyl (C=O) groups is 2. The first-order chi connectivity index (χ1) is 10.7. The van der Waals surface area contributed by atoms with Crippen LogP contribution in [0.25, 0.3) is 0 Å². The van der Waals surface area contributed by atoms with Crippen molar-refractivity contribution in [2.45, 2.75) is 50.5 Å². The van der Waals surface area contributed by atoms with Crippen LogP contribution in [0.4, 0.5) is 0 Å². The molecule has 2 saturated heterocycles. The lowest BCUT2D eigenvalue weighted by atomic mass is 9.76. The van der Waals surface area contributed by atoms with Crippen LogP contribution in [0.15, 0.2) is 11.6 Å². The fraction of sp³-hybridized carbons (Fsp3) is 0.750. The molecule has 23 heavy (non-hydrogen) atoms. The lowest BCUT2D eigenvalue weighted by Crippen LogP contribution is -3.12. The van der Waals surface area contributed by atoms with Crippen LogP contribution < -0.4 is 4.90 Å². The molecular weight excluding hydrogens is 302 g/mol. The van der Waals surface area contributed by atoms with E-state index >= 15 is 0 Å². The lowest BCUT2D eigenvalue weighted by Gasteiger charge is -2.39. The van der Waals surface area contributed by atoms with Crippen LogP contribution in [0.5, 0.6) is 0 Å². The van der Waals surface area contributed by atoms with E-state index in [1.54, 1.807) is 0 Å². The van der Waals surface area contributed by atoms with Gasteiger partial charge in [-0.25, -0.2) is 4.79 Å². The average Bonchev–Trinajstić information content (AvgIpc) is 3.06. The second kappa shape index (κ2) is 5.29. The summed E-state index contributed by atoms with van der Waals surface area (Å²) in [6.07, 6.45) is 2.45. The molecule has 0 saturated carbocycles. The topological polar surface area (TPSA) is 97.5 Å². The Kier molecular flexibility index (Phi) is 3.78. The fourth-order valence-electron chi connectivity index (χ4n) is 3.71. The van der Waals surface area contributed by atoms with Gasteiger partial charge in [-0.05, 0) is 26.8 Å². The molecule has 2 fully saturated rings. The van der Waals surface area contributed by atoms with E-state index in [0.717, 1.165) is 25.1 Å². The van der Waals surface area contributed by atoms with E-state index in [0.29, 0.717) is 0 Å². The van der Waals surface area contributed by atoms with Gasteiger partial charge in [0.2, 0.25) is 0 Å². The van der Waals surface area contributed by atoms with Crippen LogP contribution in [0.3, 0.4) is 0 Å². The van der Waals surface area contributed by atoms with Gasteiger partial charge in [-0.15, -0.1) is 0 Å². The van der Waals surface area contributed by atoms with E-state index in [2.05, 4.69) is 0 Å². The molecule has 3 heterocycles. The summed E-state index contributed by atoms with van der Waals surface area (Å²) in [6, 6.07) is -0.00746. The molecule has 7 heteroatoms. The molecule has 6 atom stereocenters. The second-order valence-corrected chi connectivity index (χ2v) is 7.15. The maximum absolute atomic E-state index is 12.5. The number of rotatable bonds is 0. The molecule has 1 unspecified atom stereocenters. The Morgan fingerprint density at radius 1 is 1.30 bits per heavy atom. The third-order valence-electron chi connectivity index (χ3n) is 5.80. The van der Waals surface area contributed by atoms with E-state index in [1.165, 1.54) is 25.7 Å². The standard InChI is InChI=1S/C16H23NO6/c1-9-13(18)23-11-5-7-17-6-4-10(12(11)17)8-22-14(19)16(3,21)15(9,2)20/h4,9,11-12,20-21H,5-8H2,1-3H3/p+1/t9-,11-,12+,15-,16+/m0/s1. The predicted molar refractivity (Wildman–Crippen MR) is 78.4 cm³/mol. The highest BCUT2D eigenvalue weighted by Crippen LogP contribution is 2.33. The van der Waals surface area contributed by atoms with Gasteiger partial charge >= 0.3 is 11.9 Å². The van der Waals surface area contributed by atoms with Crippen molar-refractivity contribution < 1.29 is 34.2 Å². The van der Waals surface area contributed by atoms with Crippen LogP contribution in [0.2, 0.25) is 0 Å². The van der Waals surface area contributed by atoms with Gasteiger partial charge in [0.15, 0.2) is 17.7 Å². The maximum atomic E-state index is 12.5. The summed E-state index contributed by atoms with van der Waals surface area (Å²) in [5.74, 6) is -2.61. The minimum Gasteiger partial charge on any atom is -0.459 e. The summed E-state index contributed by atoms with van der Waals surface area (Å²) in [4.78, 5) is 26.0. The van der Waals surface area contributed by atoms with Crippen molar-refractivity contribution in [1.82, 2.24) is 0 Å². The van der Waals surface area contributed by atoms with Crippen molar-refractivity contribution in [1.29, 1.82) is 0 Å². The third-order valence-corrected chi connectivity index (χ3v) is 5.80. The third kappa shape index (κ3) is 2.38. The molecule has 0 spiro atoms. The van der Waals surface area contributed by atoms with Crippen LogP contribution in [0, 0.1) is 5.92 Å². The Morgan fingerprint density at radius 3 is 2.70 bits per heavy atom. The predicted octanol–water partition coefficient (Wildman–Crippen LogP) is -1.81. The summed E-state index contributed by atoms with van der Waals surface area (Å²) in [5.41, 5.74) is -3.30. The van der Waals surface area contributed by atoms with E-state index in [-0.39, 0.29) is 18.8 Å². The number of quaternary nitrogens is 1. The number of esters is 2. The van der Waals surface area contributed by atoms with Gasteiger partial charge in [-0.3, -0.25) is 4.79 Å². The number of carbonyl (C=O) groups excluding carboxylic acids is 2. The Bertz CT molecular complexity index is 567. The maximum Gasteiger partial charge on any atom is 0.341 e. The molecule has 0 amide bonds. The number of hydrogen-bond acceptors (Lipinski definition) is 6. The van der Waals surface area contributed by atoms with Gasteiger partial charge in [0.1, 0.15) is 12.2 Å². The van der Waals surface area contributed by atoms with E-state index in [1.807, 2.05) is 6.08 Å². The van der Waals surface area contributed by atoms with Gasteiger partial charge in [0.25, 0.3) is 0 Å². The molecule has 128 valence electrons. The van der Waals surface area contributed by atoms with Crippen LogP contribution in [-0.2, 0) is 19.1 Å². The van der Waals surface area contributed by atoms with Gasteiger partial charge in [0.05, 0.1) is 19.0 Å². The molecular formula is C16H24NO6+. The second-order valence-electron chi connectivity index (χ2n) is 7.15. The monoisotopic (exact) mass is 326 g/mol. The minimum atomic E-state index is -2.21. The largest absolute Gasteiger partial charge is 0.459 e. The van der Waals surface area contributed by atoms with E-state index in [4.69, 9.17) is 9.47 Å². The first kappa shape index (κ1) is 16.4. The van der Waals surface area contributed by atoms with Crippen LogP contribution in [-0.4, -0.2) is 65.2 Å². The summed E-state index contributed by atoms with van der Waals surface area (Å²) >= 11 is 0. The molecule has 0 aromatic carbocycles. The van der Waals surface area contributed by atoms with Crippen molar-refractivity contribution in [3.05, 3.63) is 11.6 Å². The van der Waals surface area contributed by atoms with Crippen LogP contribution >= 0.6 is 0 Å². The van der Waals surface area contributed by atoms with E-state index in [9.17, 15) is 19.8 Å². The highest BCUT2D eigenvalue weighted by molar-refractivity contribution is 5.83. The number of cyclic esters (lactones) is 1. The Hall–Kier alpha value is -1.44. The summed E-state index contributed by atoms with van der Waals surface area (Å²) in [5, 5.41) is 21.1. The molecule has 3 aliphatic heterocycles. The zero-order valence-corrected chi connectivity index (χ0v) is 13.7. The number of ether oxygens (including phenoxy) is 2. The molecule has 0 radical (unpaired) electrons. The Morgan fingerprint density at radius 2 is 2.00 bits per heavy atom. The zero-order valence-electron chi connectivity index (χ0n) is 13.7. The molecule has 0 aromatic rings. The number of nitrogens with one attached hydrogen (secondary N) is 1. The van der Waals surface area contributed by atoms with Crippen molar-refractivity contribution in [3.63, 3.8) is 0 Å². The summed E-state index contributed by atoms with van der Waals surface area (Å²) in [6.45, 7) is 5.62. The number of aliphatic hydroxyl groups is 2. The van der Waals surface area contributed by atoms with Gasteiger partial charge in [-0.1, -0.05) is 0 Å². The highest BCUT2D eigenvalue weighted by Gasteiger charge is 2.57. The fourth-order valence-corrected chi connectivity index (χ4v) is 3.71. The summed E-state index contributed by atoms with van der Waals surface area (Å²) in [7, 11) is 0. The molecule has 7 nitrogen and oxygen atoms in total. The quantitative estimate of drug-likeness (QED) is 0.359. The van der Waals surface area contributed by atoms with E-state index < -0.39 is 29.1 Å². The first-order valence-electron chi connectivity index (χ1n) is 8.02.